The molecule has 2 atom stereocenters. The average molecular weight is 310 g/mol. The van der Waals surface area contributed by atoms with Crippen LogP contribution in [0.5, 0.6) is 0 Å². The van der Waals surface area contributed by atoms with Gasteiger partial charge >= 0.3 is 0 Å². The molecule has 3 nitrogen and oxygen atoms in total. The topological polar surface area (TPSA) is 46.2 Å². The van der Waals surface area contributed by atoms with Crippen LogP contribution in [0.3, 0.4) is 0 Å². The standard InChI is InChI=1S/C14H16BrNO2/c1-8(2)13-11(7-12(17)16-14(13)18)9-3-5-10(15)6-4-9/h3-6,8,11,13H,7H2,1-2H3,(H,16,17,18). The zero-order valence-corrected chi connectivity index (χ0v) is 12.0. The second-order valence-corrected chi connectivity index (χ2v) is 5.96. The molecule has 0 radical (unpaired) electrons. The Bertz CT molecular complexity index is 467. The van der Waals surface area contributed by atoms with Gasteiger partial charge in [0.05, 0.1) is 0 Å². The van der Waals surface area contributed by atoms with E-state index >= 15 is 0 Å². The number of halogens is 1. The molecule has 1 aliphatic heterocycles. The number of rotatable bonds is 2. The summed E-state index contributed by atoms with van der Waals surface area (Å²) >= 11 is 3.39. The Morgan fingerprint density at radius 2 is 1.83 bits per heavy atom. The molecule has 1 N–H and O–H groups in total. The first-order valence-electron chi connectivity index (χ1n) is 6.08. The van der Waals surface area contributed by atoms with E-state index in [0.717, 1.165) is 10.0 Å². The van der Waals surface area contributed by atoms with Crippen LogP contribution in [0.2, 0.25) is 0 Å². The van der Waals surface area contributed by atoms with Crippen LogP contribution in [0.15, 0.2) is 28.7 Å². The minimum absolute atomic E-state index is 0.0145. The van der Waals surface area contributed by atoms with Gasteiger partial charge in [-0.25, -0.2) is 0 Å². The minimum atomic E-state index is -0.176. The Morgan fingerprint density at radius 1 is 1.22 bits per heavy atom. The van der Waals surface area contributed by atoms with Gasteiger partial charge in [-0.2, -0.15) is 0 Å². The molecular formula is C14H16BrNO2. The molecule has 1 aliphatic rings. The summed E-state index contributed by atoms with van der Waals surface area (Å²) in [5, 5.41) is 2.43. The van der Waals surface area contributed by atoms with Crippen molar-refractivity contribution in [1.82, 2.24) is 5.32 Å². The van der Waals surface area contributed by atoms with Gasteiger partial charge in [0.1, 0.15) is 0 Å². The number of imide groups is 1. The van der Waals surface area contributed by atoms with Crippen molar-refractivity contribution in [2.45, 2.75) is 26.2 Å². The molecule has 1 fully saturated rings. The largest absolute Gasteiger partial charge is 0.296 e. The van der Waals surface area contributed by atoms with Gasteiger partial charge in [0, 0.05) is 22.7 Å². The second kappa shape index (κ2) is 5.22. The second-order valence-electron chi connectivity index (χ2n) is 5.04. The summed E-state index contributed by atoms with van der Waals surface area (Å²) in [6.07, 6.45) is 0.385. The van der Waals surface area contributed by atoms with Crippen molar-refractivity contribution >= 4 is 27.7 Å². The smallest absolute Gasteiger partial charge is 0.230 e. The van der Waals surface area contributed by atoms with E-state index < -0.39 is 0 Å². The van der Waals surface area contributed by atoms with E-state index in [4.69, 9.17) is 0 Å². The Balaban J connectivity index is 2.34. The summed E-state index contributed by atoms with van der Waals surface area (Å²) in [4.78, 5) is 23.5. The van der Waals surface area contributed by atoms with E-state index in [0.29, 0.717) is 6.42 Å². The van der Waals surface area contributed by atoms with Gasteiger partial charge in [0.2, 0.25) is 11.8 Å². The van der Waals surface area contributed by atoms with Crippen LogP contribution < -0.4 is 5.32 Å². The van der Waals surface area contributed by atoms with Gasteiger partial charge in [-0.05, 0) is 23.6 Å². The molecule has 4 heteroatoms. The monoisotopic (exact) mass is 309 g/mol. The molecule has 1 aromatic carbocycles. The van der Waals surface area contributed by atoms with Crippen LogP contribution in [-0.2, 0) is 9.59 Å². The number of benzene rings is 1. The molecule has 2 unspecified atom stereocenters. The quantitative estimate of drug-likeness (QED) is 0.854. The molecule has 1 heterocycles. The zero-order chi connectivity index (χ0) is 13.3. The Kier molecular flexibility index (Phi) is 3.85. The number of hydrogen-bond donors (Lipinski definition) is 1. The molecule has 0 aliphatic carbocycles. The molecule has 1 saturated heterocycles. The molecule has 1 aromatic rings. The minimum Gasteiger partial charge on any atom is -0.296 e. The molecular weight excluding hydrogens is 294 g/mol. The van der Waals surface area contributed by atoms with Crippen molar-refractivity contribution in [3.05, 3.63) is 34.3 Å². The predicted octanol–water partition coefficient (Wildman–Crippen LogP) is 2.85. The maximum absolute atomic E-state index is 12.0. The van der Waals surface area contributed by atoms with Crippen molar-refractivity contribution in [1.29, 1.82) is 0 Å². The normalized spacial score (nSPS) is 24.2. The summed E-state index contributed by atoms with van der Waals surface area (Å²) in [6.45, 7) is 4.04. The first kappa shape index (κ1) is 13.3. The van der Waals surface area contributed by atoms with Crippen molar-refractivity contribution in [3.8, 4) is 0 Å². The molecule has 0 bridgehead atoms. The molecule has 96 valence electrons. The zero-order valence-electron chi connectivity index (χ0n) is 10.4. The SMILES string of the molecule is CC(C)C1C(=O)NC(=O)CC1c1ccc(Br)cc1. The lowest BCUT2D eigenvalue weighted by Crippen LogP contribution is -2.46. The van der Waals surface area contributed by atoms with E-state index in [1.165, 1.54) is 0 Å². The highest BCUT2D eigenvalue weighted by atomic mass is 79.9. The lowest BCUT2D eigenvalue weighted by molar-refractivity contribution is -0.138. The highest BCUT2D eigenvalue weighted by Crippen LogP contribution is 2.36. The van der Waals surface area contributed by atoms with Gasteiger partial charge in [-0.15, -0.1) is 0 Å². The van der Waals surface area contributed by atoms with E-state index in [-0.39, 0.29) is 29.6 Å². The maximum Gasteiger partial charge on any atom is 0.230 e. The van der Waals surface area contributed by atoms with Crippen LogP contribution in [0.1, 0.15) is 31.7 Å². The molecule has 2 rings (SSSR count). The fraction of sp³-hybridized carbons (Fsp3) is 0.429. The number of piperidine rings is 1. The number of hydrogen-bond acceptors (Lipinski definition) is 2. The molecule has 2 amide bonds. The number of amides is 2. The first-order valence-corrected chi connectivity index (χ1v) is 6.87. The Morgan fingerprint density at radius 3 is 2.39 bits per heavy atom. The van der Waals surface area contributed by atoms with E-state index in [1.54, 1.807) is 0 Å². The predicted molar refractivity (Wildman–Crippen MR) is 73.0 cm³/mol. The highest BCUT2D eigenvalue weighted by Gasteiger charge is 2.38. The average Bonchev–Trinajstić information content (AvgIpc) is 2.28. The molecule has 0 saturated carbocycles. The summed E-state index contributed by atoms with van der Waals surface area (Å²) in [7, 11) is 0. The van der Waals surface area contributed by atoms with Crippen molar-refractivity contribution < 1.29 is 9.59 Å². The van der Waals surface area contributed by atoms with Gasteiger partial charge in [0.15, 0.2) is 0 Å². The molecule has 0 aromatic heterocycles. The van der Waals surface area contributed by atoms with Crippen molar-refractivity contribution in [2.24, 2.45) is 11.8 Å². The van der Waals surface area contributed by atoms with E-state index in [1.807, 2.05) is 38.1 Å². The van der Waals surface area contributed by atoms with E-state index in [2.05, 4.69) is 21.2 Å². The lowest BCUT2D eigenvalue weighted by Gasteiger charge is -2.33. The van der Waals surface area contributed by atoms with Gasteiger partial charge < -0.3 is 0 Å². The number of nitrogens with one attached hydrogen (secondary N) is 1. The summed E-state index contributed by atoms with van der Waals surface area (Å²) < 4.78 is 0.999. The Labute approximate surface area is 115 Å². The fourth-order valence-corrected chi connectivity index (χ4v) is 2.85. The maximum atomic E-state index is 12.0. The van der Waals surface area contributed by atoms with Crippen molar-refractivity contribution in [2.75, 3.05) is 0 Å². The third-order valence-electron chi connectivity index (χ3n) is 3.42. The summed E-state index contributed by atoms with van der Waals surface area (Å²) in [5.41, 5.74) is 1.06. The van der Waals surface area contributed by atoms with Crippen LogP contribution in [0, 0.1) is 11.8 Å². The van der Waals surface area contributed by atoms with Crippen molar-refractivity contribution in [3.63, 3.8) is 0 Å². The lowest BCUT2D eigenvalue weighted by atomic mass is 9.75. The van der Waals surface area contributed by atoms with Gasteiger partial charge in [0.25, 0.3) is 0 Å². The van der Waals surface area contributed by atoms with Gasteiger partial charge in [-0.1, -0.05) is 41.9 Å². The summed E-state index contributed by atoms with van der Waals surface area (Å²) in [6, 6.07) is 7.86. The third kappa shape index (κ3) is 2.64. The third-order valence-corrected chi connectivity index (χ3v) is 3.95. The summed E-state index contributed by atoms with van der Waals surface area (Å²) in [5.74, 6) is -0.256. The fourth-order valence-electron chi connectivity index (χ4n) is 2.58. The van der Waals surface area contributed by atoms with E-state index in [9.17, 15) is 9.59 Å². The number of carbonyl (C=O) groups is 2. The van der Waals surface area contributed by atoms with Crippen LogP contribution >= 0.6 is 15.9 Å². The van der Waals surface area contributed by atoms with Crippen LogP contribution in [-0.4, -0.2) is 11.8 Å². The van der Waals surface area contributed by atoms with Gasteiger partial charge in [-0.3, -0.25) is 14.9 Å². The van der Waals surface area contributed by atoms with Crippen LogP contribution in [0.25, 0.3) is 0 Å². The van der Waals surface area contributed by atoms with Crippen LogP contribution in [0.4, 0.5) is 0 Å². The molecule has 18 heavy (non-hydrogen) atoms. The molecule has 0 spiro atoms. The number of carbonyl (C=O) groups excluding carboxylic acids is 2. The highest BCUT2D eigenvalue weighted by molar-refractivity contribution is 9.10. The Hall–Kier alpha value is -1.16. The first-order chi connectivity index (χ1) is 8.49.